The highest BCUT2D eigenvalue weighted by atomic mass is 16.1. The summed E-state index contributed by atoms with van der Waals surface area (Å²) in [4.78, 5) is 26.3. The first-order valence-electron chi connectivity index (χ1n) is 9.17. The van der Waals surface area contributed by atoms with Gasteiger partial charge in [0.05, 0.1) is 22.5 Å². The molecule has 0 spiro atoms. The fraction of sp³-hybridized carbons (Fsp3) is 0.190. The minimum Gasteiger partial charge on any atom is -0.289 e. The summed E-state index contributed by atoms with van der Waals surface area (Å²) in [6.45, 7) is 4.80. The molecular weight excluding hydrogens is 352 g/mol. The van der Waals surface area contributed by atoms with Gasteiger partial charge < -0.3 is 0 Å². The van der Waals surface area contributed by atoms with Gasteiger partial charge in [0.1, 0.15) is 6.33 Å². The molecule has 0 atom stereocenters. The minimum absolute atomic E-state index is 0.274. The van der Waals surface area contributed by atoms with E-state index in [0.717, 1.165) is 29.4 Å². The maximum atomic E-state index is 13.0. The Balaban J connectivity index is 1.76. The van der Waals surface area contributed by atoms with Gasteiger partial charge in [-0.25, -0.2) is 9.97 Å². The predicted molar refractivity (Wildman–Crippen MR) is 108 cm³/mol. The second kappa shape index (κ2) is 7.56. The van der Waals surface area contributed by atoms with Gasteiger partial charge >= 0.3 is 0 Å². The lowest BCUT2D eigenvalue weighted by Crippen LogP contribution is -2.14. The monoisotopic (exact) mass is 372 g/mol. The highest BCUT2D eigenvalue weighted by Gasteiger charge is 2.16. The smallest absolute Gasteiger partial charge is 0.258 e. The molecule has 0 aliphatic carbocycles. The molecule has 0 aliphatic rings. The second-order valence-electron chi connectivity index (χ2n) is 6.58. The number of aryl methyl sites for hydroxylation is 2. The van der Waals surface area contributed by atoms with Crippen LogP contribution in [0, 0.1) is 6.92 Å². The quantitative estimate of drug-likeness (QED) is 0.575. The molecule has 1 N–H and O–H groups in total. The number of anilines is 1. The number of carbonyl (C=O) groups excluding carboxylic acids is 1. The number of pyridine rings is 2. The molecule has 140 valence electrons. The second-order valence-corrected chi connectivity index (χ2v) is 6.58. The molecule has 4 rings (SSSR count). The van der Waals surface area contributed by atoms with E-state index < -0.39 is 0 Å². The summed E-state index contributed by atoms with van der Waals surface area (Å²) in [5.74, 6) is 0.0138. The van der Waals surface area contributed by atoms with Crippen molar-refractivity contribution in [3.05, 3.63) is 66.1 Å². The molecule has 0 fully saturated rings. The van der Waals surface area contributed by atoms with E-state index in [1.807, 2.05) is 43.3 Å². The van der Waals surface area contributed by atoms with E-state index in [4.69, 9.17) is 0 Å². The number of fused-ring (bicyclic) bond motifs is 1. The largest absolute Gasteiger partial charge is 0.289 e. The molecule has 0 radical (unpaired) electrons. The summed E-state index contributed by atoms with van der Waals surface area (Å²) in [5.41, 5.74) is 3.67. The third-order valence-corrected chi connectivity index (χ3v) is 4.35. The van der Waals surface area contributed by atoms with Gasteiger partial charge in [-0.15, -0.1) is 5.10 Å². The standard InChI is InChI=1S/C21H20N6O/c1-3-10-27-13-23-21(26-27)25-20(28)16-12-19(18-6-4-5-9-22-18)24-17-8-7-14(2)11-15(16)17/h4-9,11-13H,3,10H2,1-2H3,(H,25,26,28). The number of rotatable bonds is 5. The van der Waals surface area contributed by atoms with Crippen molar-refractivity contribution < 1.29 is 4.79 Å². The van der Waals surface area contributed by atoms with E-state index in [0.29, 0.717) is 17.0 Å². The molecule has 3 aromatic heterocycles. The van der Waals surface area contributed by atoms with Crippen molar-refractivity contribution in [3.63, 3.8) is 0 Å². The van der Waals surface area contributed by atoms with Gasteiger partial charge in [-0.3, -0.25) is 19.8 Å². The van der Waals surface area contributed by atoms with E-state index in [2.05, 4.69) is 32.3 Å². The molecule has 1 amide bonds. The molecule has 7 nitrogen and oxygen atoms in total. The van der Waals surface area contributed by atoms with E-state index in [1.54, 1.807) is 23.3 Å². The van der Waals surface area contributed by atoms with Crippen molar-refractivity contribution in [2.75, 3.05) is 5.32 Å². The lowest BCUT2D eigenvalue weighted by atomic mass is 10.0. The first-order chi connectivity index (χ1) is 13.6. The van der Waals surface area contributed by atoms with Crippen LogP contribution in [0.4, 0.5) is 5.95 Å². The lowest BCUT2D eigenvalue weighted by Gasteiger charge is -2.10. The third kappa shape index (κ3) is 3.59. The Morgan fingerprint density at radius 3 is 2.79 bits per heavy atom. The molecule has 28 heavy (non-hydrogen) atoms. The number of nitrogens with zero attached hydrogens (tertiary/aromatic N) is 5. The summed E-state index contributed by atoms with van der Waals surface area (Å²) < 4.78 is 1.71. The van der Waals surface area contributed by atoms with Crippen molar-refractivity contribution in [2.24, 2.45) is 0 Å². The Bertz CT molecular complexity index is 1140. The molecule has 0 unspecified atom stereocenters. The molecule has 4 aromatic rings. The van der Waals surface area contributed by atoms with Crippen LogP contribution in [0.5, 0.6) is 0 Å². The topological polar surface area (TPSA) is 85.6 Å². The van der Waals surface area contributed by atoms with Gasteiger partial charge in [-0.2, -0.15) is 0 Å². The number of benzene rings is 1. The Morgan fingerprint density at radius 1 is 1.11 bits per heavy atom. The Labute approximate surface area is 162 Å². The SMILES string of the molecule is CCCn1cnc(NC(=O)c2cc(-c3ccccn3)nc3ccc(C)cc23)n1. The molecule has 0 saturated heterocycles. The van der Waals surface area contributed by atoms with E-state index in [1.165, 1.54) is 0 Å². The van der Waals surface area contributed by atoms with Crippen LogP contribution in [0.1, 0.15) is 29.3 Å². The number of aromatic nitrogens is 5. The van der Waals surface area contributed by atoms with Crippen LogP contribution >= 0.6 is 0 Å². The molecule has 7 heteroatoms. The van der Waals surface area contributed by atoms with Crippen LogP contribution in [-0.4, -0.2) is 30.6 Å². The van der Waals surface area contributed by atoms with Crippen molar-refractivity contribution in [2.45, 2.75) is 26.8 Å². The summed E-state index contributed by atoms with van der Waals surface area (Å²) in [6.07, 6.45) is 4.27. The van der Waals surface area contributed by atoms with Gasteiger partial charge in [0.15, 0.2) is 0 Å². The van der Waals surface area contributed by atoms with Crippen LogP contribution in [-0.2, 0) is 6.54 Å². The van der Waals surface area contributed by atoms with Crippen LogP contribution in [0.2, 0.25) is 0 Å². The van der Waals surface area contributed by atoms with Gasteiger partial charge in [0.25, 0.3) is 5.91 Å². The first kappa shape index (κ1) is 17.8. The number of nitrogens with one attached hydrogen (secondary N) is 1. The zero-order valence-electron chi connectivity index (χ0n) is 15.8. The highest BCUT2D eigenvalue weighted by molar-refractivity contribution is 6.12. The van der Waals surface area contributed by atoms with Gasteiger partial charge in [0.2, 0.25) is 5.95 Å². The van der Waals surface area contributed by atoms with E-state index in [9.17, 15) is 4.79 Å². The van der Waals surface area contributed by atoms with Crippen molar-refractivity contribution in [1.29, 1.82) is 0 Å². The maximum Gasteiger partial charge on any atom is 0.258 e. The molecule has 0 saturated carbocycles. The van der Waals surface area contributed by atoms with Crippen molar-refractivity contribution in [1.82, 2.24) is 24.7 Å². The summed E-state index contributed by atoms with van der Waals surface area (Å²) in [6, 6.07) is 13.2. The summed E-state index contributed by atoms with van der Waals surface area (Å²) in [5, 5.41) is 7.87. The Morgan fingerprint density at radius 2 is 2.00 bits per heavy atom. The fourth-order valence-corrected chi connectivity index (χ4v) is 3.03. The van der Waals surface area contributed by atoms with Crippen molar-refractivity contribution in [3.8, 4) is 11.4 Å². The zero-order chi connectivity index (χ0) is 19.5. The first-order valence-corrected chi connectivity index (χ1v) is 9.17. The average Bonchev–Trinajstić information content (AvgIpc) is 3.15. The molecule has 0 aliphatic heterocycles. The van der Waals surface area contributed by atoms with Gasteiger partial charge in [-0.1, -0.05) is 24.6 Å². The third-order valence-electron chi connectivity index (χ3n) is 4.35. The molecule has 0 bridgehead atoms. The number of amides is 1. The summed E-state index contributed by atoms with van der Waals surface area (Å²) >= 11 is 0. The Hall–Kier alpha value is -3.61. The van der Waals surface area contributed by atoms with Crippen LogP contribution in [0.15, 0.2) is 55.0 Å². The fourth-order valence-electron chi connectivity index (χ4n) is 3.03. The number of hydrogen-bond acceptors (Lipinski definition) is 5. The average molecular weight is 372 g/mol. The van der Waals surface area contributed by atoms with Crippen LogP contribution < -0.4 is 5.32 Å². The van der Waals surface area contributed by atoms with Gasteiger partial charge in [0, 0.05) is 18.1 Å². The van der Waals surface area contributed by atoms with Crippen LogP contribution in [0.25, 0.3) is 22.3 Å². The van der Waals surface area contributed by atoms with Crippen LogP contribution in [0.3, 0.4) is 0 Å². The summed E-state index contributed by atoms with van der Waals surface area (Å²) in [7, 11) is 0. The highest BCUT2D eigenvalue weighted by Crippen LogP contribution is 2.25. The van der Waals surface area contributed by atoms with Gasteiger partial charge in [-0.05, 0) is 43.7 Å². The Kier molecular flexibility index (Phi) is 4.80. The predicted octanol–water partition coefficient (Wildman–Crippen LogP) is 3.86. The van der Waals surface area contributed by atoms with E-state index >= 15 is 0 Å². The molecular formula is C21H20N6O. The number of hydrogen-bond donors (Lipinski definition) is 1. The maximum absolute atomic E-state index is 13.0. The zero-order valence-corrected chi connectivity index (χ0v) is 15.8. The van der Waals surface area contributed by atoms with E-state index in [-0.39, 0.29) is 11.9 Å². The number of carbonyl (C=O) groups is 1. The molecule has 3 heterocycles. The minimum atomic E-state index is -0.274. The normalized spacial score (nSPS) is 10.9. The molecule has 1 aromatic carbocycles. The lowest BCUT2D eigenvalue weighted by molar-refractivity contribution is 0.102. The van der Waals surface area contributed by atoms with Crippen molar-refractivity contribution >= 4 is 22.8 Å².